The van der Waals surface area contributed by atoms with Crippen LogP contribution in [0.3, 0.4) is 0 Å². The van der Waals surface area contributed by atoms with E-state index in [1.807, 2.05) is 19.2 Å². The topological polar surface area (TPSA) is 40.0 Å². The van der Waals surface area contributed by atoms with Gasteiger partial charge in [-0.2, -0.15) is 0 Å². The second-order valence-electron chi connectivity index (χ2n) is 8.90. The molecule has 0 bridgehead atoms. The van der Waals surface area contributed by atoms with Gasteiger partial charge in [0.2, 0.25) is 0 Å². The van der Waals surface area contributed by atoms with E-state index in [0.717, 1.165) is 47.6 Å². The van der Waals surface area contributed by atoms with Gasteiger partial charge in [-0.05, 0) is 55.7 Å². The summed E-state index contributed by atoms with van der Waals surface area (Å²) in [6.45, 7) is 2.75. The first kappa shape index (κ1) is 23.5. The lowest BCUT2D eigenvalue weighted by Crippen LogP contribution is -2.41. The predicted octanol–water partition coefficient (Wildman–Crippen LogP) is 5.79. The van der Waals surface area contributed by atoms with E-state index in [-0.39, 0.29) is 23.2 Å². The summed E-state index contributed by atoms with van der Waals surface area (Å²) in [6, 6.07) is 4.41. The van der Waals surface area contributed by atoms with Crippen molar-refractivity contribution in [3.05, 3.63) is 81.2 Å². The lowest BCUT2D eigenvalue weighted by molar-refractivity contribution is 0.429. The van der Waals surface area contributed by atoms with Crippen LogP contribution in [0, 0.1) is 5.82 Å². The maximum Gasteiger partial charge on any atom is 0.124 e. The molecule has 0 spiro atoms. The second kappa shape index (κ2) is 9.80. The molecule has 0 radical (unpaired) electrons. The van der Waals surface area contributed by atoms with Crippen LogP contribution in [0.1, 0.15) is 31.4 Å². The number of allylic oxidation sites excluding steroid dienone is 3. The van der Waals surface area contributed by atoms with E-state index in [4.69, 9.17) is 21.6 Å². The van der Waals surface area contributed by atoms with Crippen molar-refractivity contribution in [1.82, 2.24) is 10.2 Å². The van der Waals surface area contributed by atoms with Gasteiger partial charge < -0.3 is 10.2 Å². The van der Waals surface area contributed by atoms with Gasteiger partial charge in [-0.15, -0.1) is 11.8 Å². The largest absolute Gasteiger partial charge is 0.331 e. The molecule has 8 heteroatoms. The van der Waals surface area contributed by atoms with Gasteiger partial charge in [-0.3, -0.25) is 9.98 Å². The van der Waals surface area contributed by atoms with E-state index >= 15 is 0 Å². The minimum absolute atomic E-state index is 0.235. The third-order valence-electron chi connectivity index (χ3n) is 6.54. The standard InChI is InChI=1S/C26H27ClF2N4S/c1-15(28)10-16-5-8-21(31-13-16)24-22-12-18(30-2)14-33(22)26(23-4-3-9-34-23)32-25(24)19-7-6-17(29)11-20(19)27/h3,5-11,15,18,23,25,30H,4,12-14H2,1-2H3/t15?,18-,23?,25-/m0/s1. The third kappa shape index (κ3) is 4.53. The fourth-order valence-electron chi connectivity index (χ4n) is 4.93. The van der Waals surface area contributed by atoms with Crippen LogP contribution in [0.15, 0.2) is 74.7 Å². The molecule has 0 aliphatic carbocycles. The Morgan fingerprint density at radius 3 is 2.82 bits per heavy atom. The zero-order valence-electron chi connectivity index (χ0n) is 19.1. The Bertz CT molecular complexity index is 1160. The molecule has 0 aromatic heterocycles. The minimum Gasteiger partial charge on any atom is -0.331 e. The van der Waals surface area contributed by atoms with Crippen LogP contribution in [-0.4, -0.2) is 54.0 Å². The fraction of sp³-hybridized carbons (Fsp3) is 0.385. The van der Waals surface area contributed by atoms with Gasteiger partial charge in [0.1, 0.15) is 23.9 Å². The van der Waals surface area contributed by atoms with Crippen LogP contribution in [0.5, 0.6) is 0 Å². The highest BCUT2D eigenvalue weighted by molar-refractivity contribution is 8.03. The number of dihydropyridines is 1. The monoisotopic (exact) mass is 500 g/mol. The molecule has 4 nitrogen and oxygen atoms in total. The lowest BCUT2D eigenvalue weighted by Gasteiger charge is -2.36. The zero-order valence-corrected chi connectivity index (χ0v) is 20.7. The Balaban J connectivity index is 1.63. The van der Waals surface area contributed by atoms with E-state index in [9.17, 15) is 8.78 Å². The van der Waals surface area contributed by atoms with Crippen molar-refractivity contribution in [1.29, 1.82) is 0 Å². The predicted molar refractivity (Wildman–Crippen MR) is 138 cm³/mol. The first-order chi connectivity index (χ1) is 16.4. The maximum atomic E-state index is 13.9. The number of thioether (sulfide) groups is 1. The number of aliphatic imine (C=N–C) groups is 2. The molecule has 1 saturated heterocycles. The molecule has 34 heavy (non-hydrogen) atoms. The van der Waals surface area contributed by atoms with Gasteiger partial charge in [0.25, 0.3) is 0 Å². The van der Waals surface area contributed by atoms with Crippen molar-refractivity contribution in [3.63, 3.8) is 0 Å². The smallest absolute Gasteiger partial charge is 0.124 e. The highest BCUT2D eigenvalue weighted by Gasteiger charge is 2.41. The summed E-state index contributed by atoms with van der Waals surface area (Å²) in [5.41, 5.74) is 4.62. The number of nitrogens with zero attached hydrogens (tertiary/aromatic N) is 3. The van der Waals surface area contributed by atoms with Gasteiger partial charge in [0, 0.05) is 40.9 Å². The average molecular weight is 501 g/mol. The molecule has 1 aromatic carbocycles. The highest BCUT2D eigenvalue weighted by atomic mass is 35.5. The number of fused-ring (bicyclic) bond motifs is 1. The number of rotatable bonds is 5. The van der Waals surface area contributed by atoms with Crippen LogP contribution in [-0.2, 0) is 0 Å². The molecule has 178 valence electrons. The normalized spacial score (nSPS) is 28.4. The number of hydrogen-bond donors (Lipinski definition) is 1. The molecule has 1 N–H and O–H groups in total. The van der Waals surface area contributed by atoms with Crippen LogP contribution >= 0.6 is 23.4 Å². The summed E-state index contributed by atoms with van der Waals surface area (Å²) in [5.74, 6) is 0.658. The third-order valence-corrected chi connectivity index (χ3v) is 7.95. The summed E-state index contributed by atoms with van der Waals surface area (Å²) in [4.78, 5) is 12.4. The van der Waals surface area contributed by atoms with Crippen molar-refractivity contribution in [3.8, 4) is 0 Å². The van der Waals surface area contributed by atoms with Crippen LogP contribution in [0.4, 0.5) is 8.78 Å². The van der Waals surface area contributed by atoms with E-state index in [1.165, 1.54) is 24.8 Å². The van der Waals surface area contributed by atoms with E-state index < -0.39 is 6.17 Å². The first-order valence-corrected chi connectivity index (χ1v) is 12.8. The maximum absolute atomic E-state index is 13.9. The fourth-order valence-corrected chi connectivity index (χ4v) is 6.15. The molecule has 4 heterocycles. The van der Waals surface area contributed by atoms with Gasteiger partial charge in [0.05, 0.1) is 17.5 Å². The Morgan fingerprint density at radius 1 is 1.32 bits per heavy atom. The van der Waals surface area contributed by atoms with Gasteiger partial charge in [-0.1, -0.05) is 29.8 Å². The molecular weight excluding hydrogens is 474 g/mol. The number of likely N-dealkylation sites (N-methyl/N-ethyl adjacent to an activating group) is 1. The molecule has 0 saturated carbocycles. The molecule has 4 aliphatic heterocycles. The number of benzene rings is 1. The summed E-state index contributed by atoms with van der Waals surface area (Å²) in [6.07, 6.45) is 8.38. The number of halogens is 3. The minimum atomic E-state index is -1.02. The molecule has 4 aliphatic rings. The Hall–Kier alpha value is -2.22. The van der Waals surface area contributed by atoms with E-state index in [1.54, 1.807) is 23.9 Å². The molecule has 1 aromatic rings. The molecular formula is C26H27ClF2N4S. The average Bonchev–Trinajstić information content (AvgIpc) is 3.49. The van der Waals surface area contributed by atoms with Crippen molar-refractivity contribution >= 4 is 34.9 Å². The summed E-state index contributed by atoms with van der Waals surface area (Å²) in [5, 5.41) is 6.14. The number of nitrogens with one attached hydrogen (secondary N) is 1. The number of alkyl halides is 1. The van der Waals surface area contributed by atoms with Gasteiger partial charge >= 0.3 is 0 Å². The SMILES string of the molecule is CN[C@H]1CC2=C(C3=NCC(=CC(C)F)C=C3)[C@H](c3ccc(F)cc3Cl)N=C(C3CC=CS3)N2C1. The zero-order chi connectivity index (χ0) is 23.8. The highest BCUT2D eigenvalue weighted by Crippen LogP contribution is 2.44. The molecule has 0 amide bonds. The number of hydrogen-bond acceptors (Lipinski definition) is 5. The Morgan fingerprint density at radius 2 is 2.18 bits per heavy atom. The number of amidine groups is 1. The second-order valence-corrected chi connectivity index (χ2v) is 10.4. The molecule has 4 atom stereocenters. The summed E-state index contributed by atoms with van der Waals surface area (Å²) < 4.78 is 27.4. The molecule has 2 unspecified atom stereocenters. The van der Waals surface area contributed by atoms with Gasteiger partial charge in [-0.25, -0.2) is 8.78 Å². The lowest BCUT2D eigenvalue weighted by atomic mass is 9.89. The summed E-state index contributed by atoms with van der Waals surface area (Å²) in [7, 11) is 1.98. The quantitative estimate of drug-likeness (QED) is 0.556. The van der Waals surface area contributed by atoms with Crippen molar-refractivity contribution in [2.24, 2.45) is 9.98 Å². The van der Waals surface area contributed by atoms with E-state index in [2.05, 4.69) is 21.7 Å². The van der Waals surface area contributed by atoms with Crippen molar-refractivity contribution in [2.45, 2.75) is 43.3 Å². The first-order valence-electron chi connectivity index (χ1n) is 11.5. The molecule has 5 rings (SSSR count). The van der Waals surface area contributed by atoms with Crippen molar-refractivity contribution in [2.75, 3.05) is 20.1 Å². The molecule has 1 fully saturated rings. The van der Waals surface area contributed by atoms with Crippen LogP contribution in [0.2, 0.25) is 5.02 Å². The van der Waals surface area contributed by atoms with Crippen molar-refractivity contribution < 1.29 is 8.78 Å². The summed E-state index contributed by atoms with van der Waals surface area (Å²) >= 11 is 8.35. The Labute approximate surface area is 208 Å². The van der Waals surface area contributed by atoms with E-state index in [0.29, 0.717) is 11.6 Å². The van der Waals surface area contributed by atoms with Gasteiger partial charge in [0.15, 0.2) is 0 Å². The Kier molecular flexibility index (Phi) is 6.78. The van der Waals surface area contributed by atoms with Crippen LogP contribution < -0.4 is 5.32 Å². The van der Waals surface area contributed by atoms with Crippen LogP contribution in [0.25, 0.3) is 0 Å².